The summed E-state index contributed by atoms with van der Waals surface area (Å²) in [5.41, 5.74) is 1.26. The normalized spacial score (nSPS) is 12.6. The zero-order valence-corrected chi connectivity index (χ0v) is 13.2. The van der Waals surface area contributed by atoms with Crippen LogP contribution >= 0.6 is 38.5 Å². The van der Waals surface area contributed by atoms with E-state index in [0.29, 0.717) is 6.04 Å². The van der Waals surface area contributed by atoms with Crippen LogP contribution in [0.1, 0.15) is 24.3 Å². The van der Waals surface area contributed by atoms with Crippen LogP contribution in [0.3, 0.4) is 0 Å². The van der Waals surface area contributed by atoms with E-state index in [9.17, 15) is 0 Å². The van der Waals surface area contributed by atoms with E-state index in [1.165, 1.54) is 5.56 Å². The monoisotopic (exact) mass is 405 g/mol. The lowest BCUT2D eigenvalue weighted by Crippen LogP contribution is -2.17. The number of nitrogens with one attached hydrogen (secondary N) is 1. The number of hydrogen-bond donors (Lipinski definition) is 1. The van der Waals surface area contributed by atoms with E-state index in [-0.39, 0.29) is 0 Å². The molecule has 2 nitrogen and oxygen atoms in total. The fourth-order valence-corrected chi connectivity index (χ4v) is 2.47. The van der Waals surface area contributed by atoms with Crippen molar-refractivity contribution >= 4 is 38.5 Å². The number of benzene rings is 1. The molecule has 1 atom stereocenters. The van der Waals surface area contributed by atoms with Gasteiger partial charge >= 0.3 is 0 Å². The highest BCUT2D eigenvalue weighted by Gasteiger charge is 2.06. The van der Waals surface area contributed by atoms with Gasteiger partial charge in [-0.1, -0.05) is 28.1 Å². The Morgan fingerprint density at radius 1 is 1.35 bits per heavy atom. The number of rotatable bonds is 4. The first kappa shape index (κ1) is 13.1. The first-order valence-electron chi connectivity index (χ1n) is 5.38. The van der Waals surface area contributed by atoms with Crippen LogP contribution < -0.4 is 5.32 Å². The number of halogens is 2. The van der Waals surface area contributed by atoms with E-state index in [1.54, 1.807) is 0 Å². The molecule has 1 unspecified atom stereocenters. The maximum Gasteiger partial charge on any atom is 0.164 e. The second-order valence-corrected chi connectivity index (χ2v) is 5.84. The molecule has 90 valence electrons. The molecule has 17 heavy (non-hydrogen) atoms. The van der Waals surface area contributed by atoms with Gasteiger partial charge in [-0.25, -0.2) is 0 Å². The van der Waals surface area contributed by atoms with Gasteiger partial charge in [0.05, 0.1) is 6.54 Å². The molecule has 2 aromatic rings. The molecule has 0 radical (unpaired) electrons. The van der Waals surface area contributed by atoms with Gasteiger partial charge in [0.2, 0.25) is 0 Å². The molecule has 0 spiro atoms. The van der Waals surface area contributed by atoms with Crippen LogP contribution in [0.5, 0.6) is 0 Å². The molecule has 2 rings (SSSR count). The quantitative estimate of drug-likeness (QED) is 0.757. The minimum Gasteiger partial charge on any atom is -0.454 e. The van der Waals surface area contributed by atoms with E-state index in [0.717, 1.165) is 20.5 Å². The summed E-state index contributed by atoms with van der Waals surface area (Å²) < 4.78 is 7.54. The molecule has 0 saturated heterocycles. The SMILES string of the molecule is CC(NCc1ccc(I)o1)c1cccc(Br)c1. The summed E-state index contributed by atoms with van der Waals surface area (Å²) in [6, 6.07) is 12.6. The molecule has 1 aromatic heterocycles. The lowest BCUT2D eigenvalue weighted by atomic mass is 10.1. The van der Waals surface area contributed by atoms with Gasteiger partial charge in [-0.3, -0.25) is 0 Å². The summed E-state index contributed by atoms with van der Waals surface area (Å²) in [5.74, 6) is 0.969. The highest BCUT2D eigenvalue weighted by Crippen LogP contribution is 2.18. The van der Waals surface area contributed by atoms with Crippen LogP contribution in [0.25, 0.3) is 0 Å². The van der Waals surface area contributed by atoms with Crippen molar-refractivity contribution in [1.82, 2.24) is 5.32 Å². The van der Waals surface area contributed by atoms with Crippen LogP contribution in [0.15, 0.2) is 45.3 Å². The molecule has 0 aliphatic carbocycles. The van der Waals surface area contributed by atoms with E-state index >= 15 is 0 Å². The fraction of sp³-hybridized carbons (Fsp3) is 0.231. The Bertz CT molecular complexity index is 498. The predicted molar refractivity (Wildman–Crippen MR) is 80.8 cm³/mol. The molecule has 0 bridgehead atoms. The van der Waals surface area contributed by atoms with Gasteiger partial charge in [0.15, 0.2) is 3.77 Å². The van der Waals surface area contributed by atoms with Gasteiger partial charge < -0.3 is 9.73 Å². The minimum absolute atomic E-state index is 0.301. The molecule has 0 aliphatic rings. The third-order valence-corrected chi connectivity index (χ3v) is 3.63. The molecular formula is C13H13BrINO. The van der Waals surface area contributed by atoms with Crippen LogP contribution in [-0.4, -0.2) is 0 Å². The molecule has 0 fully saturated rings. The summed E-state index contributed by atoms with van der Waals surface area (Å²) in [7, 11) is 0. The third-order valence-electron chi connectivity index (χ3n) is 2.56. The van der Waals surface area contributed by atoms with Crippen molar-refractivity contribution in [3.8, 4) is 0 Å². The van der Waals surface area contributed by atoms with Crippen molar-refractivity contribution in [2.75, 3.05) is 0 Å². The van der Waals surface area contributed by atoms with Gasteiger partial charge in [0.25, 0.3) is 0 Å². The summed E-state index contributed by atoms with van der Waals surface area (Å²) >= 11 is 5.66. The Labute approximate surface area is 123 Å². The Morgan fingerprint density at radius 3 is 2.82 bits per heavy atom. The summed E-state index contributed by atoms with van der Waals surface area (Å²) in [6.07, 6.45) is 0. The van der Waals surface area contributed by atoms with Crippen LogP contribution in [0, 0.1) is 3.77 Å². The summed E-state index contributed by atoms with van der Waals surface area (Å²) in [4.78, 5) is 0. The van der Waals surface area contributed by atoms with Crippen molar-refractivity contribution in [2.45, 2.75) is 19.5 Å². The van der Waals surface area contributed by atoms with Crippen molar-refractivity contribution < 1.29 is 4.42 Å². The lowest BCUT2D eigenvalue weighted by Gasteiger charge is -2.13. The van der Waals surface area contributed by atoms with Crippen molar-refractivity contribution in [3.63, 3.8) is 0 Å². The molecular weight excluding hydrogens is 393 g/mol. The molecule has 0 amide bonds. The average Bonchev–Trinajstić information content (AvgIpc) is 2.72. The molecule has 1 aromatic carbocycles. The largest absolute Gasteiger partial charge is 0.454 e. The van der Waals surface area contributed by atoms with E-state index in [2.05, 4.69) is 62.9 Å². The topological polar surface area (TPSA) is 25.2 Å². The highest BCUT2D eigenvalue weighted by atomic mass is 127. The van der Waals surface area contributed by atoms with Crippen LogP contribution in [0.2, 0.25) is 0 Å². The Morgan fingerprint density at radius 2 is 2.18 bits per heavy atom. The third kappa shape index (κ3) is 3.82. The Balaban J connectivity index is 1.95. The minimum atomic E-state index is 0.301. The first-order chi connectivity index (χ1) is 8.15. The van der Waals surface area contributed by atoms with E-state index < -0.39 is 0 Å². The lowest BCUT2D eigenvalue weighted by molar-refractivity contribution is 0.445. The number of furan rings is 1. The predicted octanol–water partition coefficient (Wildman–Crippen LogP) is 4.50. The van der Waals surface area contributed by atoms with Crippen LogP contribution in [0.4, 0.5) is 0 Å². The standard InChI is InChI=1S/C13H13BrINO/c1-9(10-3-2-4-11(14)7-10)16-8-12-5-6-13(15)17-12/h2-7,9,16H,8H2,1H3. The smallest absolute Gasteiger partial charge is 0.164 e. The summed E-state index contributed by atoms with van der Waals surface area (Å²) in [5, 5.41) is 3.44. The molecule has 0 aliphatic heterocycles. The van der Waals surface area contributed by atoms with Gasteiger partial charge in [-0.05, 0) is 59.3 Å². The Kier molecular flexibility index (Phi) is 4.64. The van der Waals surface area contributed by atoms with E-state index in [4.69, 9.17) is 4.42 Å². The maximum absolute atomic E-state index is 5.51. The molecule has 1 N–H and O–H groups in total. The second-order valence-electron chi connectivity index (χ2n) is 3.86. The maximum atomic E-state index is 5.51. The first-order valence-corrected chi connectivity index (χ1v) is 7.25. The second kappa shape index (κ2) is 6.02. The van der Waals surface area contributed by atoms with E-state index in [1.807, 2.05) is 24.3 Å². The van der Waals surface area contributed by atoms with Gasteiger partial charge in [0.1, 0.15) is 5.76 Å². The van der Waals surface area contributed by atoms with Gasteiger partial charge in [-0.2, -0.15) is 0 Å². The summed E-state index contributed by atoms with van der Waals surface area (Å²) in [6.45, 7) is 2.90. The van der Waals surface area contributed by atoms with Crippen molar-refractivity contribution in [2.24, 2.45) is 0 Å². The molecule has 4 heteroatoms. The van der Waals surface area contributed by atoms with Crippen molar-refractivity contribution in [3.05, 3.63) is 56.0 Å². The zero-order valence-electron chi connectivity index (χ0n) is 9.41. The van der Waals surface area contributed by atoms with Crippen LogP contribution in [-0.2, 0) is 6.54 Å². The Hall–Kier alpha value is -0.330. The number of hydrogen-bond acceptors (Lipinski definition) is 2. The van der Waals surface area contributed by atoms with Crippen molar-refractivity contribution in [1.29, 1.82) is 0 Å². The average molecular weight is 406 g/mol. The molecule has 0 saturated carbocycles. The highest BCUT2D eigenvalue weighted by molar-refractivity contribution is 14.1. The molecule has 1 heterocycles. The van der Waals surface area contributed by atoms with Gasteiger partial charge in [-0.15, -0.1) is 0 Å². The fourth-order valence-electron chi connectivity index (χ4n) is 1.59. The van der Waals surface area contributed by atoms with Gasteiger partial charge in [0, 0.05) is 10.5 Å². The zero-order chi connectivity index (χ0) is 12.3.